The van der Waals surface area contributed by atoms with Crippen molar-refractivity contribution in [2.75, 3.05) is 18.8 Å². The highest BCUT2D eigenvalue weighted by molar-refractivity contribution is 9.28. The molecule has 1 nitrogen and oxygen atoms in total. The van der Waals surface area contributed by atoms with Crippen molar-refractivity contribution in [3.05, 3.63) is 9.97 Å². The molecule has 0 radical (unpaired) electrons. The monoisotopic (exact) mass is 361 g/mol. The van der Waals surface area contributed by atoms with Crippen molar-refractivity contribution in [3.63, 3.8) is 0 Å². The van der Waals surface area contributed by atoms with Gasteiger partial charge in [0.2, 0.25) is 0 Å². The van der Waals surface area contributed by atoms with E-state index in [2.05, 4.69) is 63.3 Å². The fraction of sp³-hybridized carbons (Fsp3) is 0.818. The third-order valence-electron chi connectivity index (χ3n) is 1.47. The Morgan fingerprint density at radius 1 is 1.33 bits per heavy atom. The third kappa shape index (κ3) is 39.6. The molecule has 1 fully saturated rings. The zero-order valence-corrected chi connectivity index (χ0v) is 12.9. The lowest BCUT2D eigenvalue weighted by atomic mass is 10.4. The first-order valence-corrected chi connectivity index (χ1v) is 7.18. The fourth-order valence-electron chi connectivity index (χ4n) is 0.783. The van der Waals surface area contributed by atoms with E-state index < -0.39 is 0 Å². The van der Waals surface area contributed by atoms with Gasteiger partial charge in [-0.25, -0.2) is 0 Å². The molecular weight excluding hydrogens is 338 g/mol. The topological polar surface area (TPSA) is 12.0 Å². The lowest BCUT2D eigenvalue weighted by Crippen LogP contribution is -2.03. The van der Waals surface area contributed by atoms with Gasteiger partial charge in [-0.2, -0.15) is 12.6 Å². The first kappa shape index (κ1) is 21.3. The number of unbranched alkanes of at least 4 members (excludes halogenated alkanes) is 1. The second kappa shape index (κ2) is 20.4. The summed E-state index contributed by atoms with van der Waals surface area (Å²) in [6.07, 6.45) is 5.30. The van der Waals surface area contributed by atoms with Crippen LogP contribution in [0.5, 0.6) is 0 Å². The minimum absolute atomic E-state index is 0. The van der Waals surface area contributed by atoms with Gasteiger partial charge in [0.25, 0.3) is 0 Å². The summed E-state index contributed by atoms with van der Waals surface area (Å²) in [6, 6.07) is 0. The van der Waals surface area contributed by atoms with Crippen LogP contribution in [-0.4, -0.2) is 18.8 Å². The molecule has 0 atom stereocenters. The van der Waals surface area contributed by atoms with Gasteiger partial charge in [-0.3, -0.25) is 0 Å². The Bertz CT molecular complexity index is 104. The van der Waals surface area contributed by atoms with Crippen LogP contribution >= 0.6 is 44.5 Å². The smallest absolute Gasteiger partial charge is 0.0532 e. The summed E-state index contributed by atoms with van der Waals surface area (Å²) in [6.45, 7) is 8.05. The lowest BCUT2D eigenvalue weighted by molar-refractivity contribution is 0.857. The van der Waals surface area contributed by atoms with Crippen LogP contribution in [0.3, 0.4) is 0 Å². The Hall–Kier alpha value is 1.01. The summed E-state index contributed by atoms with van der Waals surface area (Å²) >= 11 is 9.99. The van der Waals surface area contributed by atoms with Crippen molar-refractivity contribution < 1.29 is 0 Å². The maximum atomic E-state index is 4.00. The Morgan fingerprint density at radius 2 is 1.73 bits per heavy atom. The maximum absolute atomic E-state index is 4.00. The molecule has 0 aliphatic carbocycles. The van der Waals surface area contributed by atoms with E-state index in [4.69, 9.17) is 0 Å². The Kier molecular flexibility index (Phi) is 29.0. The normalized spacial score (nSPS) is 12.5. The number of hydrogen-bond donors (Lipinski definition) is 2. The molecule has 0 aromatic carbocycles. The number of hydrogen-bond acceptors (Lipinski definition) is 2. The average molecular weight is 363 g/mol. The number of nitrogens with one attached hydrogen (secondary N) is 1. The van der Waals surface area contributed by atoms with Crippen molar-refractivity contribution in [1.29, 1.82) is 0 Å². The highest BCUT2D eigenvalue weighted by Crippen LogP contribution is 2.06. The van der Waals surface area contributed by atoms with Gasteiger partial charge in [-0.1, -0.05) is 27.4 Å². The van der Waals surface area contributed by atoms with Crippen LogP contribution in [0, 0.1) is 0 Å². The molecule has 15 heavy (non-hydrogen) atoms. The molecule has 1 N–H and O–H groups in total. The molecule has 1 aliphatic heterocycles. The van der Waals surface area contributed by atoms with Crippen LogP contribution in [0.4, 0.5) is 0 Å². The summed E-state index contributed by atoms with van der Waals surface area (Å²) < 4.78 is 0.792. The standard InChI is InChI=1S/C4H9N.C4H10S.C2H2Br2.CH4/c1-2-4-5-3-1;1-2-3-4-5;1-2(3)4;/h5H,1-4H2;5H,2-4H2,1H3;1H2;1H4. The van der Waals surface area contributed by atoms with E-state index in [9.17, 15) is 0 Å². The molecule has 0 aromatic rings. The molecule has 0 saturated carbocycles. The van der Waals surface area contributed by atoms with Crippen LogP contribution in [0.1, 0.15) is 40.0 Å². The minimum Gasteiger partial charge on any atom is -0.317 e. The highest BCUT2D eigenvalue weighted by atomic mass is 79.9. The highest BCUT2D eigenvalue weighted by Gasteiger charge is 1.93. The molecule has 4 heteroatoms. The third-order valence-corrected chi connectivity index (χ3v) is 1.79. The number of thiol groups is 1. The van der Waals surface area contributed by atoms with Crippen LogP contribution in [-0.2, 0) is 0 Å². The van der Waals surface area contributed by atoms with Crippen molar-refractivity contribution in [1.82, 2.24) is 5.32 Å². The molecule has 0 aromatic heterocycles. The van der Waals surface area contributed by atoms with E-state index in [1.165, 1.54) is 38.8 Å². The zero-order chi connectivity index (χ0) is 11.2. The lowest BCUT2D eigenvalue weighted by Gasteiger charge is -1.78. The Balaban J connectivity index is -0.000000141. The largest absolute Gasteiger partial charge is 0.317 e. The van der Waals surface area contributed by atoms with Crippen molar-refractivity contribution in [2.45, 2.75) is 40.0 Å². The summed E-state index contributed by atoms with van der Waals surface area (Å²) in [7, 11) is 0. The van der Waals surface area contributed by atoms with Crippen molar-refractivity contribution >= 4 is 44.5 Å². The first-order chi connectivity index (χ1) is 6.65. The summed E-state index contributed by atoms with van der Waals surface area (Å²) in [4.78, 5) is 0. The zero-order valence-electron chi connectivity index (χ0n) is 8.86. The predicted molar refractivity (Wildman–Crippen MR) is 84.6 cm³/mol. The predicted octanol–water partition coefficient (Wildman–Crippen LogP) is 4.97. The van der Waals surface area contributed by atoms with E-state index in [0.717, 1.165) is 9.14 Å². The van der Waals surface area contributed by atoms with E-state index in [-0.39, 0.29) is 7.43 Å². The van der Waals surface area contributed by atoms with E-state index in [0.29, 0.717) is 0 Å². The van der Waals surface area contributed by atoms with Gasteiger partial charge in [0.1, 0.15) is 0 Å². The average Bonchev–Trinajstić information content (AvgIpc) is 2.61. The van der Waals surface area contributed by atoms with E-state index in [1.54, 1.807) is 0 Å². The number of halogens is 2. The second-order valence-electron chi connectivity index (χ2n) is 2.87. The van der Waals surface area contributed by atoms with Gasteiger partial charge in [0.15, 0.2) is 0 Å². The Labute approximate surface area is 118 Å². The summed E-state index contributed by atoms with van der Waals surface area (Å²) in [5.41, 5.74) is 0. The molecule has 0 bridgehead atoms. The molecule has 1 heterocycles. The minimum atomic E-state index is 0. The van der Waals surface area contributed by atoms with Gasteiger partial charge >= 0.3 is 0 Å². The second-order valence-corrected chi connectivity index (χ2v) is 6.30. The van der Waals surface area contributed by atoms with Crippen molar-refractivity contribution in [3.8, 4) is 0 Å². The molecule has 1 rings (SSSR count). The molecule has 1 saturated heterocycles. The molecule has 0 amide bonds. The molecule has 0 spiro atoms. The van der Waals surface area contributed by atoms with Crippen LogP contribution in [0.25, 0.3) is 0 Å². The van der Waals surface area contributed by atoms with Gasteiger partial charge in [-0.15, -0.1) is 0 Å². The number of rotatable bonds is 2. The maximum Gasteiger partial charge on any atom is 0.0532 e. The molecule has 0 unspecified atom stereocenters. The van der Waals surface area contributed by atoms with Gasteiger partial charge in [0.05, 0.1) is 3.39 Å². The molecule has 1 aliphatic rings. The van der Waals surface area contributed by atoms with Gasteiger partial charge in [-0.05, 0) is 70.0 Å². The summed E-state index contributed by atoms with van der Waals surface area (Å²) in [5.74, 6) is 1.04. The van der Waals surface area contributed by atoms with E-state index in [1.807, 2.05) is 0 Å². The van der Waals surface area contributed by atoms with Crippen molar-refractivity contribution in [2.24, 2.45) is 0 Å². The Morgan fingerprint density at radius 3 is 1.80 bits per heavy atom. The van der Waals surface area contributed by atoms with Crippen LogP contribution in [0.2, 0.25) is 0 Å². The van der Waals surface area contributed by atoms with Crippen LogP contribution in [0.15, 0.2) is 9.97 Å². The van der Waals surface area contributed by atoms with Gasteiger partial charge in [0, 0.05) is 0 Å². The molecule has 94 valence electrons. The summed E-state index contributed by atoms with van der Waals surface area (Å²) in [5, 5.41) is 3.22. The van der Waals surface area contributed by atoms with E-state index >= 15 is 0 Å². The van der Waals surface area contributed by atoms with Gasteiger partial charge < -0.3 is 5.32 Å². The quantitative estimate of drug-likeness (QED) is 0.661. The first-order valence-electron chi connectivity index (χ1n) is 4.96. The molecular formula is C11H25Br2NS. The SMILES string of the molecule is C.C1CCNC1.C=C(Br)Br.CCCCS. The van der Waals surface area contributed by atoms with Crippen LogP contribution < -0.4 is 5.32 Å². The fourth-order valence-corrected chi connectivity index (χ4v) is 1.10.